The Kier molecular flexibility index (Phi) is 5.55. The molecule has 0 saturated carbocycles. The summed E-state index contributed by atoms with van der Waals surface area (Å²) in [5.74, 6) is -0.131. The standard InChI is InChI=1S/C16H26N2O/c1-5-6-7-12-8-10-13(11-9-12)18-15(19)14(17)16(2,3)4/h8-11,14H,5-7,17H2,1-4H3,(H,18,19)/t14-/m1/s1. The molecule has 0 heterocycles. The summed E-state index contributed by atoms with van der Waals surface area (Å²) in [5, 5.41) is 2.87. The predicted molar refractivity (Wildman–Crippen MR) is 81.1 cm³/mol. The lowest BCUT2D eigenvalue weighted by atomic mass is 9.87. The minimum absolute atomic E-state index is 0.131. The monoisotopic (exact) mass is 262 g/mol. The van der Waals surface area contributed by atoms with Crippen molar-refractivity contribution < 1.29 is 4.79 Å². The smallest absolute Gasteiger partial charge is 0.241 e. The maximum Gasteiger partial charge on any atom is 0.241 e. The Morgan fingerprint density at radius 3 is 2.32 bits per heavy atom. The third-order valence-electron chi connectivity index (χ3n) is 3.26. The van der Waals surface area contributed by atoms with Crippen molar-refractivity contribution in [3.8, 4) is 0 Å². The highest BCUT2D eigenvalue weighted by atomic mass is 16.2. The fourth-order valence-electron chi connectivity index (χ4n) is 1.75. The van der Waals surface area contributed by atoms with E-state index in [0.29, 0.717) is 0 Å². The largest absolute Gasteiger partial charge is 0.325 e. The van der Waals surface area contributed by atoms with E-state index in [1.807, 2.05) is 32.9 Å². The van der Waals surface area contributed by atoms with E-state index in [0.717, 1.165) is 12.1 Å². The summed E-state index contributed by atoms with van der Waals surface area (Å²) in [6.07, 6.45) is 3.48. The molecule has 0 spiro atoms. The van der Waals surface area contributed by atoms with Crippen LogP contribution in [0, 0.1) is 5.41 Å². The molecular weight excluding hydrogens is 236 g/mol. The van der Waals surface area contributed by atoms with Gasteiger partial charge in [-0.3, -0.25) is 4.79 Å². The molecule has 1 rings (SSSR count). The van der Waals surface area contributed by atoms with Crippen LogP contribution in [0.1, 0.15) is 46.1 Å². The Hall–Kier alpha value is -1.35. The highest BCUT2D eigenvalue weighted by Gasteiger charge is 2.27. The number of nitrogens with two attached hydrogens (primary N) is 1. The molecule has 0 aromatic heterocycles. The molecule has 1 aromatic carbocycles. The molecule has 1 aromatic rings. The number of hydrogen-bond acceptors (Lipinski definition) is 2. The quantitative estimate of drug-likeness (QED) is 0.855. The number of benzene rings is 1. The van der Waals surface area contributed by atoms with E-state index in [1.54, 1.807) is 0 Å². The van der Waals surface area contributed by atoms with Crippen LogP contribution in [0.5, 0.6) is 0 Å². The van der Waals surface area contributed by atoms with Gasteiger partial charge in [0.2, 0.25) is 5.91 Å². The van der Waals surface area contributed by atoms with E-state index in [2.05, 4.69) is 24.4 Å². The van der Waals surface area contributed by atoms with E-state index in [4.69, 9.17) is 5.73 Å². The van der Waals surface area contributed by atoms with E-state index in [9.17, 15) is 4.79 Å². The number of rotatable bonds is 5. The first-order valence-corrected chi connectivity index (χ1v) is 7.00. The summed E-state index contributed by atoms with van der Waals surface area (Å²) in [6, 6.07) is 7.51. The van der Waals surface area contributed by atoms with Gasteiger partial charge in [-0.1, -0.05) is 46.2 Å². The average Bonchev–Trinajstić information content (AvgIpc) is 2.36. The van der Waals surface area contributed by atoms with Gasteiger partial charge in [0.15, 0.2) is 0 Å². The zero-order valence-corrected chi connectivity index (χ0v) is 12.5. The van der Waals surface area contributed by atoms with Crippen molar-refractivity contribution in [3.05, 3.63) is 29.8 Å². The summed E-state index contributed by atoms with van der Waals surface area (Å²) in [4.78, 5) is 12.0. The van der Waals surface area contributed by atoms with Crippen LogP contribution in [0.2, 0.25) is 0 Å². The SMILES string of the molecule is CCCCc1ccc(NC(=O)[C@@H](N)C(C)(C)C)cc1. The van der Waals surface area contributed by atoms with Crippen molar-refractivity contribution in [2.24, 2.45) is 11.1 Å². The molecule has 3 N–H and O–H groups in total. The second-order valence-corrected chi connectivity index (χ2v) is 6.13. The van der Waals surface area contributed by atoms with Crippen LogP contribution < -0.4 is 11.1 Å². The first kappa shape index (κ1) is 15.7. The van der Waals surface area contributed by atoms with Crippen molar-refractivity contribution in [1.29, 1.82) is 0 Å². The summed E-state index contributed by atoms with van der Waals surface area (Å²) >= 11 is 0. The van der Waals surface area contributed by atoms with Gasteiger partial charge < -0.3 is 11.1 Å². The molecule has 0 aliphatic carbocycles. The van der Waals surface area contributed by atoms with Crippen molar-refractivity contribution in [3.63, 3.8) is 0 Å². The van der Waals surface area contributed by atoms with Crippen LogP contribution in [0.4, 0.5) is 5.69 Å². The lowest BCUT2D eigenvalue weighted by Gasteiger charge is -2.25. The van der Waals surface area contributed by atoms with Crippen LogP contribution in [0.25, 0.3) is 0 Å². The molecule has 3 heteroatoms. The molecule has 0 saturated heterocycles. The zero-order valence-electron chi connectivity index (χ0n) is 12.5. The Morgan fingerprint density at radius 1 is 1.26 bits per heavy atom. The average molecular weight is 262 g/mol. The van der Waals surface area contributed by atoms with Crippen molar-refractivity contribution in [1.82, 2.24) is 0 Å². The molecular formula is C16H26N2O. The second kappa shape index (κ2) is 6.71. The highest BCUT2D eigenvalue weighted by molar-refractivity contribution is 5.95. The molecule has 0 fully saturated rings. The normalized spacial score (nSPS) is 13.1. The molecule has 1 atom stereocenters. The van der Waals surface area contributed by atoms with Gasteiger partial charge in [-0.25, -0.2) is 0 Å². The first-order valence-electron chi connectivity index (χ1n) is 7.00. The number of carbonyl (C=O) groups is 1. The van der Waals surface area contributed by atoms with E-state index in [1.165, 1.54) is 18.4 Å². The maximum absolute atomic E-state index is 12.0. The Morgan fingerprint density at radius 2 is 1.84 bits per heavy atom. The predicted octanol–water partition coefficient (Wildman–Crippen LogP) is 3.34. The second-order valence-electron chi connectivity index (χ2n) is 6.13. The zero-order chi connectivity index (χ0) is 14.5. The first-order chi connectivity index (χ1) is 8.84. The number of hydrogen-bond donors (Lipinski definition) is 2. The molecule has 0 aliphatic rings. The Bertz CT molecular complexity index is 404. The van der Waals surface area contributed by atoms with E-state index in [-0.39, 0.29) is 11.3 Å². The van der Waals surface area contributed by atoms with Gasteiger partial charge in [0.25, 0.3) is 0 Å². The van der Waals surface area contributed by atoms with Gasteiger partial charge in [-0.15, -0.1) is 0 Å². The summed E-state index contributed by atoms with van der Waals surface area (Å²) < 4.78 is 0. The fraction of sp³-hybridized carbons (Fsp3) is 0.562. The minimum atomic E-state index is -0.507. The highest BCUT2D eigenvalue weighted by Crippen LogP contribution is 2.19. The van der Waals surface area contributed by atoms with Gasteiger partial charge in [-0.05, 0) is 36.0 Å². The Balaban J connectivity index is 2.60. The molecule has 0 radical (unpaired) electrons. The van der Waals surface area contributed by atoms with Crippen LogP contribution in [-0.2, 0) is 11.2 Å². The van der Waals surface area contributed by atoms with Gasteiger partial charge in [0.05, 0.1) is 6.04 Å². The van der Waals surface area contributed by atoms with Crippen LogP contribution in [-0.4, -0.2) is 11.9 Å². The number of amides is 1. The lowest BCUT2D eigenvalue weighted by Crippen LogP contribution is -2.45. The number of carbonyl (C=O) groups excluding carboxylic acids is 1. The molecule has 0 bridgehead atoms. The lowest BCUT2D eigenvalue weighted by molar-refractivity contribution is -0.119. The van der Waals surface area contributed by atoms with Crippen molar-refractivity contribution in [2.75, 3.05) is 5.32 Å². The van der Waals surface area contributed by atoms with Gasteiger partial charge in [0, 0.05) is 5.69 Å². The van der Waals surface area contributed by atoms with E-state index >= 15 is 0 Å². The summed E-state index contributed by atoms with van der Waals surface area (Å²) in [6.45, 7) is 8.07. The number of anilines is 1. The van der Waals surface area contributed by atoms with Gasteiger partial charge in [0.1, 0.15) is 0 Å². The molecule has 19 heavy (non-hydrogen) atoms. The number of unbranched alkanes of at least 4 members (excludes halogenated alkanes) is 1. The van der Waals surface area contributed by atoms with Crippen LogP contribution >= 0.6 is 0 Å². The van der Waals surface area contributed by atoms with Gasteiger partial charge in [-0.2, -0.15) is 0 Å². The number of aryl methyl sites for hydroxylation is 1. The van der Waals surface area contributed by atoms with Crippen molar-refractivity contribution >= 4 is 11.6 Å². The Labute approximate surface area is 116 Å². The molecule has 3 nitrogen and oxygen atoms in total. The van der Waals surface area contributed by atoms with Gasteiger partial charge >= 0.3 is 0 Å². The molecule has 1 amide bonds. The fourth-order valence-corrected chi connectivity index (χ4v) is 1.75. The van der Waals surface area contributed by atoms with Crippen molar-refractivity contribution in [2.45, 2.75) is 53.0 Å². The third kappa shape index (κ3) is 5.03. The third-order valence-corrected chi connectivity index (χ3v) is 3.26. The number of nitrogens with one attached hydrogen (secondary N) is 1. The van der Waals surface area contributed by atoms with Crippen LogP contribution in [0.15, 0.2) is 24.3 Å². The molecule has 0 aliphatic heterocycles. The minimum Gasteiger partial charge on any atom is -0.325 e. The molecule has 0 unspecified atom stereocenters. The summed E-state index contributed by atoms with van der Waals surface area (Å²) in [7, 11) is 0. The maximum atomic E-state index is 12.0. The topological polar surface area (TPSA) is 55.1 Å². The molecule has 106 valence electrons. The summed E-state index contributed by atoms with van der Waals surface area (Å²) in [5.41, 5.74) is 7.81. The van der Waals surface area contributed by atoms with Crippen LogP contribution in [0.3, 0.4) is 0 Å². The van der Waals surface area contributed by atoms with E-state index < -0.39 is 6.04 Å².